The molecule has 0 aromatic heterocycles. The summed E-state index contributed by atoms with van der Waals surface area (Å²) in [6.07, 6.45) is 3.80. The number of carbonyl (C=O) groups is 21. The number of unbranched alkanes of at least 4 members (excludes halogenated alkanes) is 5. The molecular weight excluding hydrogens is 1720 g/mol. The van der Waals surface area contributed by atoms with Crippen molar-refractivity contribution in [2.45, 2.75) is 340 Å². The summed E-state index contributed by atoms with van der Waals surface area (Å²) in [5.41, 5.74) is 16.8. The van der Waals surface area contributed by atoms with Gasteiger partial charge >= 0.3 is 18.0 Å². The minimum absolute atomic E-state index is 0.0243. The van der Waals surface area contributed by atoms with Gasteiger partial charge in [-0.3, -0.25) is 95.9 Å². The van der Waals surface area contributed by atoms with Crippen LogP contribution in [0.2, 0.25) is 0 Å². The van der Waals surface area contributed by atoms with Gasteiger partial charge in [-0.2, -0.15) is 11.8 Å². The minimum Gasteiger partial charge on any atom is -0.481 e. The van der Waals surface area contributed by atoms with Crippen LogP contribution in [-0.4, -0.2) is 275 Å². The highest BCUT2D eigenvalue weighted by atomic mass is 32.2. The van der Waals surface area contributed by atoms with Gasteiger partial charge in [0.25, 0.3) is 0 Å². The molecule has 0 saturated carbocycles. The van der Waals surface area contributed by atoms with Crippen molar-refractivity contribution in [2.24, 2.45) is 40.9 Å². The fourth-order valence-electron chi connectivity index (χ4n) is 13.7. The summed E-state index contributed by atoms with van der Waals surface area (Å²) < 4.78 is 0. The van der Waals surface area contributed by atoms with Crippen LogP contribution in [0.5, 0.6) is 0 Å². The molecule has 46 heteroatoms. The van der Waals surface area contributed by atoms with Crippen molar-refractivity contribution in [1.82, 2.24) is 101 Å². The van der Waals surface area contributed by atoms with Crippen LogP contribution >= 0.6 is 11.8 Å². The van der Waals surface area contributed by atoms with E-state index in [1.54, 1.807) is 55.4 Å². The lowest BCUT2D eigenvalue weighted by molar-refractivity contribution is -0.139. The van der Waals surface area contributed by atoms with Gasteiger partial charge in [0, 0.05) is 43.2 Å². The van der Waals surface area contributed by atoms with E-state index in [1.807, 2.05) is 11.8 Å². The number of nitrogens with one attached hydrogen (secondary N) is 19. The van der Waals surface area contributed by atoms with E-state index in [1.165, 1.54) is 41.5 Å². The molecular formula is C84H146N22O23S. The number of primary amides is 1. The van der Waals surface area contributed by atoms with Crippen molar-refractivity contribution in [3.05, 3.63) is 0 Å². The SMILES string of the molecule is CC(C)C[C@H](NC(=O)[C@H](C)NC(=O)[C@H](C)NC(=O)[C@H](CC(C)C)NC(=O)[C@H](CCCCN)NC(=O)[C@H](C)NC(=O)[C@H](CCC(=O)O)NC(=O)[C@H](CC(C)C)NC(=O)[C@H](C)NC(=O)CNC(=O)CNC(=O)CCCCCNC(=O)CCCC[C@@H]1SC[C@@H]2NC(=O)N[C@@H]21)C(=O)N[C@@H](CCC(=O)O)C(=O)N[C@@H](C)C(=O)N[C@@H](CCCCN)C(=O)N[C@@H](CC(C)C)C(=O)N[C@@H](C)C(N)=O. The third-order valence-electron chi connectivity index (χ3n) is 21.0. The molecule has 2 fully saturated rings. The molecule has 0 spiro atoms. The fraction of sp³-hybridized carbons (Fsp3) is 0.750. The van der Waals surface area contributed by atoms with Crippen molar-refractivity contribution >= 4 is 136 Å². The number of amides is 20. The van der Waals surface area contributed by atoms with E-state index < -0.39 is 236 Å². The second-order valence-electron chi connectivity index (χ2n) is 34.9. The Kier molecular flexibility index (Phi) is 53.7. The molecule has 27 N–H and O–H groups in total. The van der Waals surface area contributed by atoms with Crippen molar-refractivity contribution in [1.29, 1.82) is 0 Å². The molecule has 2 saturated heterocycles. The highest BCUT2D eigenvalue weighted by molar-refractivity contribution is 8.00. The van der Waals surface area contributed by atoms with E-state index in [9.17, 15) is 111 Å². The number of nitrogens with two attached hydrogens (primary N) is 3. The normalized spacial score (nSPS) is 17.1. The number of fused-ring (bicyclic) bond motifs is 1. The average molecular weight is 1860 g/mol. The predicted octanol–water partition coefficient (Wildman–Crippen LogP) is -3.81. The van der Waals surface area contributed by atoms with Gasteiger partial charge in [0.05, 0.1) is 25.2 Å². The van der Waals surface area contributed by atoms with Crippen molar-refractivity contribution in [3.8, 4) is 0 Å². The van der Waals surface area contributed by atoms with Crippen LogP contribution in [0.4, 0.5) is 4.79 Å². The molecule has 0 bridgehead atoms. The first-order chi connectivity index (χ1) is 61.0. The highest BCUT2D eigenvalue weighted by Gasteiger charge is 2.43. The quantitative estimate of drug-likeness (QED) is 0.0205. The molecule has 45 nitrogen and oxygen atoms in total. The van der Waals surface area contributed by atoms with Crippen molar-refractivity contribution in [2.75, 3.05) is 38.5 Å². The van der Waals surface area contributed by atoms with Crippen LogP contribution in [-0.2, 0) is 95.9 Å². The lowest BCUT2D eigenvalue weighted by Gasteiger charge is -2.28. The first-order valence-electron chi connectivity index (χ1n) is 44.9. The van der Waals surface area contributed by atoms with E-state index >= 15 is 0 Å². The number of thioether (sulfide) groups is 1. The van der Waals surface area contributed by atoms with Crippen LogP contribution in [0, 0.1) is 23.7 Å². The summed E-state index contributed by atoms with van der Waals surface area (Å²) in [4.78, 5) is 278. The van der Waals surface area contributed by atoms with E-state index in [0.717, 1.165) is 25.0 Å². The molecule has 20 amide bonds. The van der Waals surface area contributed by atoms with Gasteiger partial charge in [-0.05, 0) is 181 Å². The lowest BCUT2D eigenvalue weighted by Crippen LogP contribution is -2.60. The fourth-order valence-corrected chi connectivity index (χ4v) is 15.2. The number of aliphatic carboxylic acids is 2. The Bertz CT molecular complexity index is 3820. The van der Waals surface area contributed by atoms with Gasteiger partial charge in [0.1, 0.15) is 84.6 Å². The van der Waals surface area contributed by atoms with Crippen LogP contribution in [0.15, 0.2) is 0 Å². The van der Waals surface area contributed by atoms with Gasteiger partial charge in [-0.15, -0.1) is 0 Å². The minimum atomic E-state index is -1.64. The molecule has 0 radical (unpaired) electrons. The van der Waals surface area contributed by atoms with E-state index in [0.29, 0.717) is 56.7 Å². The van der Waals surface area contributed by atoms with Crippen LogP contribution < -0.4 is 118 Å². The number of rotatable bonds is 65. The van der Waals surface area contributed by atoms with Crippen LogP contribution in [0.1, 0.15) is 238 Å². The van der Waals surface area contributed by atoms with Gasteiger partial charge < -0.3 is 128 Å². The topological polar surface area (TPSA) is 706 Å². The second-order valence-corrected chi connectivity index (χ2v) is 36.1. The zero-order chi connectivity index (χ0) is 98.2. The number of carboxylic acid groups (broad SMARTS) is 2. The standard InChI is InChI=1S/C84H146N22O23S/c1-43(2)36-57(80(125)92-47(9)70(87)115)103-78(123)53(24-19-21-33-85)97-73(118)51(13)95-77(122)56(30-32-68(113)114)100-83(128)60(39-46(7)8)102-75(120)50(12)93-71(116)49(11)96-81(126)58(37-44(3)4)104-79(124)54(25-20-22-34-86)98-74(119)52(14)94-76(121)55(29-31-67(111)112)99-82(127)59(38-45(5)6)101-72(117)48(10)91-66(110)41-90-65(109)40-89-64(108)27-16-15-23-35-88-63(107)28-18-17-26-62-69-61(42-130-62)105-84(129)106-69/h43-62,69H,15-42,85-86H2,1-14H3,(H2,87,115)(H,88,107)(H,89,108)(H,90,109)(H,91,110)(H,92,125)(H,93,116)(H,94,121)(H,95,122)(H,96,126)(H,97,118)(H,98,119)(H,99,127)(H,100,128)(H,101,117)(H,102,120)(H,103,123)(H,104,124)(H,111,112)(H,113,114)(H2,105,106,129)/t47-,48-,49-,50-,51-,52-,53-,54-,55-,56-,57-,58-,59-,60-,61-,62-,69-/m0/s1. The molecule has 17 atom stereocenters. The number of carboxylic acids is 2. The number of hydrogen-bond acceptors (Lipinski definition) is 24. The van der Waals surface area contributed by atoms with E-state index in [4.69, 9.17) is 17.2 Å². The first-order valence-corrected chi connectivity index (χ1v) is 46.0. The monoisotopic (exact) mass is 1860 g/mol. The molecule has 130 heavy (non-hydrogen) atoms. The molecule has 0 aromatic carbocycles. The van der Waals surface area contributed by atoms with Gasteiger partial charge in [0.2, 0.25) is 106 Å². The maximum atomic E-state index is 14.3. The third-order valence-corrected chi connectivity index (χ3v) is 22.5. The maximum absolute atomic E-state index is 14.3. The van der Waals surface area contributed by atoms with E-state index in [-0.39, 0.29) is 112 Å². The first kappa shape index (κ1) is 115. The second kappa shape index (κ2) is 60.7. The Labute approximate surface area is 764 Å². The zero-order valence-electron chi connectivity index (χ0n) is 77.5. The summed E-state index contributed by atoms with van der Waals surface area (Å²) in [5.74, 6) is -17.4. The maximum Gasteiger partial charge on any atom is 0.315 e. The summed E-state index contributed by atoms with van der Waals surface area (Å²) in [5, 5.41) is 68.3. The lowest BCUT2D eigenvalue weighted by atomic mass is 10.0. The highest BCUT2D eigenvalue weighted by Crippen LogP contribution is 2.33. The van der Waals surface area contributed by atoms with Crippen molar-refractivity contribution < 1.29 is 111 Å². The molecule has 0 aliphatic carbocycles. The van der Waals surface area contributed by atoms with Crippen molar-refractivity contribution in [3.63, 3.8) is 0 Å². The summed E-state index contributed by atoms with van der Waals surface area (Å²) in [7, 11) is 0. The molecule has 2 aliphatic rings. The van der Waals surface area contributed by atoms with Gasteiger partial charge in [-0.25, -0.2) is 4.79 Å². The molecule has 0 aromatic rings. The Morgan fingerprint density at radius 3 is 1.03 bits per heavy atom. The largest absolute Gasteiger partial charge is 0.481 e. The van der Waals surface area contributed by atoms with Crippen LogP contribution in [0.25, 0.3) is 0 Å². The average Bonchev–Trinajstić information content (AvgIpc) is 1.67. The predicted molar refractivity (Wildman–Crippen MR) is 479 cm³/mol. The Morgan fingerprint density at radius 2 is 0.638 bits per heavy atom. The Hall–Kier alpha value is -11.1. The summed E-state index contributed by atoms with van der Waals surface area (Å²) in [6.45, 7) is 21.4. The van der Waals surface area contributed by atoms with Gasteiger partial charge in [0.15, 0.2) is 0 Å². The molecule has 0 unspecified atom stereocenters. The Balaban J connectivity index is 2.10. The molecule has 2 aliphatic heterocycles. The summed E-state index contributed by atoms with van der Waals surface area (Å²) >= 11 is 1.83. The molecule has 2 heterocycles. The summed E-state index contributed by atoms with van der Waals surface area (Å²) in [6, 6.07) is -19.3. The van der Waals surface area contributed by atoms with E-state index in [2.05, 4.69) is 101 Å². The number of urea groups is 1. The zero-order valence-corrected chi connectivity index (χ0v) is 78.3. The van der Waals surface area contributed by atoms with Gasteiger partial charge in [-0.1, -0.05) is 68.2 Å². The third kappa shape index (κ3) is 46.5. The number of carbonyl (C=O) groups excluding carboxylic acids is 19. The molecule has 2 rings (SSSR count). The molecule has 736 valence electrons. The van der Waals surface area contributed by atoms with Crippen LogP contribution in [0.3, 0.4) is 0 Å². The smallest absolute Gasteiger partial charge is 0.315 e. The Morgan fingerprint density at radius 1 is 0.331 bits per heavy atom. The number of hydrogen-bond donors (Lipinski definition) is 24.